The second kappa shape index (κ2) is 6.97. The molecule has 0 spiro atoms. The van der Waals surface area contributed by atoms with Crippen molar-refractivity contribution in [3.63, 3.8) is 0 Å². The van der Waals surface area contributed by atoms with Crippen LogP contribution < -0.4 is 16.4 Å². The molecule has 1 aromatic carbocycles. The maximum Gasteiger partial charge on any atom is 0.434 e. The maximum absolute atomic E-state index is 11.0. The van der Waals surface area contributed by atoms with Crippen molar-refractivity contribution >= 4 is 46.8 Å². The average molecular weight is 319 g/mol. The minimum absolute atomic E-state index is 0.183. The second-order valence-electron chi connectivity index (χ2n) is 3.75. The van der Waals surface area contributed by atoms with Crippen LogP contribution in [0.25, 0.3) is 0 Å². The molecule has 0 heterocycles. The lowest BCUT2D eigenvalue weighted by Gasteiger charge is -2.11. The summed E-state index contributed by atoms with van der Waals surface area (Å²) < 4.78 is 0. The van der Waals surface area contributed by atoms with Crippen LogP contribution >= 0.6 is 23.2 Å². The zero-order chi connectivity index (χ0) is 15.3. The van der Waals surface area contributed by atoms with E-state index in [1.54, 1.807) is 12.1 Å². The van der Waals surface area contributed by atoms with Gasteiger partial charge < -0.3 is 21.5 Å². The van der Waals surface area contributed by atoms with Crippen LogP contribution in [0, 0.1) is 0 Å². The van der Waals surface area contributed by atoms with E-state index >= 15 is 0 Å². The summed E-state index contributed by atoms with van der Waals surface area (Å²) in [6.07, 6.45) is -1.40. The summed E-state index contributed by atoms with van der Waals surface area (Å²) in [7, 11) is 0. The smallest absolute Gasteiger partial charge is 0.434 e. The third-order valence-electron chi connectivity index (χ3n) is 2.09. The summed E-state index contributed by atoms with van der Waals surface area (Å²) >= 11 is 12.0. The molecule has 9 heteroatoms. The first-order valence-electron chi connectivity index (χ1n) is 5.36. The number of carbonyl (C=O) groups excluding carboxylic acids is 1. The normalized spacial score (nSPS) is 11.1. The van der Waals surface area contributed by atoms with Crippen LogP contribution in [-0.4, -0.2) is 23.1 Å². The van der Waals surface area contributed by atoms with Crippen molar-refractivity contribution in [2.45, 2.75) is 13.5 Å². The van der Waals surface area contributed by atoms with Gasteiger partial charge in [-0.25, -0.2) is 4.79 Å². The molecule has 5 N–H and O–H groups in total. The molecule has 0 unspecified atom stereocenters. The van der Waals surface area contributed by atoms with E-state index in [2.05, 4.69) is 15.6 Å². The van der Waals surface area contributed by atoms with Crippen molar-refractivity contribution in [2.24, 2.45) is 10.7 Å². The van der Waals surface area contributed by atoms with Gasteiger partial charge in [-0.1, -0.05) is 23.2 Å². The van der Waals surface area contributed by atoms with Gasteiger partial charge in [-0.2, -0.15) is 0 Å². The third-order valence-corrected chi connectivity index (χ3v) is 2.69. The molecule has 20 heavy (non-hydrogen) atoms. The highest BCUT2D eigenvalue weighted by atomic mass is 35.5. The number of anilines is 1. The summed E-state index contributed by atoms with van der Waals surface area (Å²) in [6, 6.07) is 3.14. The van der Waals surface area contributed by atoms with Gasteiger partial charge >= 0.3 is 6.09 Å². The van der Waals surface area contributed by atoms with Gasteiger partial charge in [-0.3, -0.25) is 4.79 Å². The standard InChI is InChI=1S/C11H12Cl2N4O3/c1-5(18)16-9-7(12)2-6(3-8(9)13)4-15-10(14)17-11(19)20/h2-3H,4H2,1H3,(H,16,18)(H,19,20)(H3,14,15,17). The van der Waals surface area contributed by atoms with Crippen LogP contribution in [0.4, 0.5) is 10.5 Å². The molecule has 0 radical (unpaired) electrons. The van der Waals surface area contributed by atoms with Crippen LogP contribution in [0.2, 0.25) is 10.0 Å². The Hall–Kier alpha value is -1.99. The molecule has 0 saturated carbocycles. The van der Waals surface area contributed by atoms with E-state index in [1.165, 1.54) is 6.92 Å². The number of carbonyl (C=O) groups is 2. The first kappa shape index (κ1) is 16.1. The summed E-state index contributed by atoms with van der Waals surface area (Å²) in [5, 5.41) is 14.0. The average Bonchev–Trinajstić information content (AvgIpc) is 2.30. The summed E-state index contributed by atoms with van der Waals surface area (Å²) in [5.41, 5.74) is 6.30. The Kier molecular flexibility index (Phi) is 5.60. The SMILES string of the molecule is CC(=O)Nc1c(Cl)cc(CNC(N)=NC(=O)O)cc1Cl. The predicted octanol–water partition coefficient (Wildman–Crippen LogP) is 2.03. The summed E-state index contributed by atoms with van der Waals surface area (Å²) in [4.78, 5) is 24.3. The highest BCUT2D eigenvalue weighted by molar-refractivity contribution is 6.39. The number of nitrogens with two attached hydrogens (primary N) is 1. The lowest BCUT2D eigenvalue weighted by molar-refractivity contribution is -0.114. The molecule has 2 amide bonds. The number of hydrogen-bond acceptors (Lipinski definition) is 2. The molecule has 0 aliphatic rings. The van der Waals surface area contributed by atoms with E-state index < -0.39 is 6.09 Å². The van der Waals surface area contributed by atoms with Crippen LogP contribution in [0.15, 0.2) is 17.1 Å². The Balaban J connectivity index is 2.84. The van der Waals surface area contributed by atoms with Crippen molar-refractivity contribution in [1.82, 2.24) is 5.32 Å². The van der Waals surface area contributed by atoms with Crippen molar-refractivity contribution in [3.05, 3.63) is 27.7 Å². The summed E-state index contributed by atoms with van der Waals surface area (Å²) in [5.74, 6) is -0.534. The van der Waals surface area contributed by atoms with Gasteiger partial charge in [0.15, 0.2) is 5.96 Å². The number of nitrogens with zero attached hydrogens (tertiary/aromatic N) is 1. The Morgan fingerprint density at radius 3 is 2.35 bits per heavy atom. The molecular formula is C11H12Cl2N4O3. The molecule has 0 aliphatic heterocycles. The topological polar surface area (TPSA) is 117 Å². The number of halogens is 2. The Morgan fingerprint density at radius 1 is 1.35 bits per heavy atom. The fraction of sp³-hybridized carbons (Fsp3) is 0.182. The van der Waals surface area contributed by atoms with Crippen molar-refractivity contribution in [1.29, 1.82) is 0 Å². The van der Waals surface area contributed by atoms with Crippen LogP contribution in [-0.2, 0) is 11.3 Å². The van der Waals surface area contributed by atoms with Gasteiger partial charge in [-0.15, -0.1) is 4.99 Å². The lowest BCUT2D eigenvalue weighted by Crippen LogP contribution is -2.31. The van der Waals surface area contributed by atoms with Gasteiger partial charge in [0.05, 0.1) is 15.7 Å². The van der Waals surface area contributed by atoms with E-state index in [0.717, 1.165) is 0 Å². The molecule has 1 rings (SSSR count). The zero-order valence-corrected chi connectivity index (χ0v) is 11.9. The van der Waals surface area contributed by atoms with Crippen LogP contribution in [0.3, 0.4) is 0 Å². The minimum atomic E-state index is -1.40. The van der Waals surface area contributed by atoms with E-state index in [-0.39, 0.29) is 28.5 Å². The quantitative estimate of drug-likeness (QED) is 0.502. The van der Waals surface area contributed by atoms with E-state index in [4.69, 9.17) is 34.0 Å². The first-order chi connectivity index (χ1) is 9.29. The number of rotatable bonds is 3. The highest BCUT2D eigenvalue weighted by Gasteiger charge is 2.10. The molecule has 0 saturated heterocycles. The number of guanidine groups is 1. The van der Waals surface area contributed by atoms with Gasteiger partial charge in [-0.05, 0) is 17.7 Å². The molecule has 0 fully saturated rings. The largest absolute Gasteiger partial charge is 0.463 e. The van der Waals surface area contributed by atoms with Crippen LogP contribution in [0.1, 0.15) is 12.5 Å². The highest BCUT2D eigenvalue weighted by Crippen LogP contribution is 2.31. The monoisotopic (exact) mass is 318 g/mol. The van der Waals surface area contributed by atoms with Gasteiger partial charge in [0, 0.05) is 13.5 Å². The Bertz CT molecular complexity index is 552. The first-order valence-corrected chi connectivity index (χ1v) is 6.11. The summed E-state index contributed by atoms with van der Waals surface area (Å²) in [6.45, 7) is 1.52. The Labute approximate surface area is 124 Å². The molecule has 1 aromatic rings. The zero-order valence-electron chi connectivity index (χ0n) is 10.4. The number of carboxylic acid groups (broad SMARTS) is 1. The lowest BCUT2D eigenvalue weighted by atomic mass is 10.2. The Morgan fingerprint density at radius 2 is 1.90 bits per heavy atom. The van der Waals surface area contributed by atoms with Crippen molar-refractivity contribution in [2.75, 3.05) is 5.32 Å². The van der Waals surface area contributed by atoms with E-state index in [9.17, 15) is 9.59 Å². The van der Waals surface area contributed by atoms with Gasteiger partial charge in [0.2, 0.25) is 5.91 Å². The molecule has 0 aliphatic carbocycles. The van der Waals surface area contributed by atoms with Gasteiger partial charge in [0.25, 0.3) is 0 Å². The molecular weight excluding hydrogens is 307 g/mol. The number of amides is 2. The molecule has 7 nitrogen and oxygen atoms in total. The number of nitrogens with one attached hydrogen (secondary N) is 2. The molecule has 0 aromatic heterocycles. The molecule has 108 valence electrons. The van der Waals surface area contributed by atoms with Crippen molar-refractivity contribution < 1.29 is 14.7 Å². The molecule has 0 bridgehead atoms. The second-order valence-corrected chi connectivity index (χ2v) is 4.56. The third kappa shape index (κ3) is 4.94. The fourth-order valence-corrected chi connectivity index (χ4v) is 1.99. The maximum atomic E-state index is 11.0. The molecule has 0 atom stereocenters. The number of aliphatic imine (C=N–C) groups is 1. The van der Waals surface area contributed by atoms with Crippen LogP contribution in [0.5, 0.6) is 0 Å². The van der Waals surface area contributed by atoms with Gasteiger partial charge in [0.1, 0.15) is 0 Å². The van der Waals surface area contributed by atoms with E-state index in [1.807, 2.05) is 0 Å². The van der Waals surface area contributed by atoms with E-state index in [0.29, 0.717) is 11.3 Å². The number of benzene rings is 1. The number of hydrogen-bond donors (Lipinski definition) is 4. The fourth-order valence-electron chi connectivity index (χ4n) is 1.36. The predicted molar refractivity (Wildman–Crippen MR) is 77.3 cm³/mol. The minimum Gasteiger partial charge on any atom is -0.463 e. The van der Waals surface area contributed by atoms with Crippen molar-refractivity contribution in [3.8, 4) is 0 Å².